The number of halogens is 1. The van der Waals surface area contributed by atoms with Crippen LogP contribution >= 0.6 is 0 Å². The lowest BCUT2D eigenvalue weighted by molar-refractivity contribution is 0.501. The summed E-state index contributed by atoms with van der Waals surface area (Å²) in [6.45, 7) is 2.48. The van der Waals surface area contributed by atoms with Gasteiger partial charge in [0, 0.05) is 12.6 Å². The van der Waals surface area contributed by atoms with Crippen molar-refractivity contribution in [2.45, 2.75) is 19.9 Å². The lowest BCUT2D eigenvalue weighted by atomic mass is 10.2. The zero-order valence-corrected chi connectivity index (χ0v) is 8.29. The molecule has 1 heterocycles. The minimum absolute atomic E-state index is 0.0214. The molecule has 0 fully saturated rings. The van der Waals surface area contributed by atoms with Crippen LogP contribution in [-0.2, 0) is 6.54 Å². The first-order valence-electron chi connectivity index (χ1n) is 4.72. The fourth-order valence-electron chi connectivity index (χ4n) is 1.54. The van der Waals surface area contributed by atoms with Gasteiger partial charge in [-0.05, 0) is 12.5 Å². The summed E-state index contributed by atoms with van der Waals surface area (Å²) in [4.78, 5) is 11.4. The number of oxazole rings is 1. The van der Waals surface area contributed by atoms with Gasteiger partial charge in [0.25, 0.3) is 0 Å². The first-order chi connectivity index (χ1) is 7.13. The third-order valence-electron chi connectivity index (χ3n) is 2.23. The highest BCUT2D eigenvalue weighted by Gasteiger charge is 2.11. The van der Waals surface area contributed by atoms with E-state index in [1.807, 2.05) is 6.92 Å². The van der Waals surface area contributed by atoms with Crippen molar-refractivity contribution in [1.82, 2.24) is 4.57 Å². The van der Waals surface area contributed by atoms with Crippen LogP contribution in [0.2, 0.25) is 0 Å². The van der Waals surface area contributed by atoms with Gasteiger partial charge in [-0.3, -0.25) is 4.57 Å². The Balaban J connectivity index is 2.76. The van der Waals surface area contributed by atoms with Crippen LogP contribution in [0.25, 0.3) is 11.1 Å². The molecule has 2 aromatic rings. The lowest BCUT2D eigenvalue weighted by Crippen LogP contribution is -2.13. The van der Waals surface area contributed by atoms with Crippen LogP contribution in [0.5, 0.6) is 0 Å². The summed E-state index contributed by atoms with van der Waals surface area (Å²) < 4.78 is 19.4. The zero-order valence-electron chi connectivity index (χ0n) is 8.29. The van der Waals surface area contributed by atoms with E-state index in [1.165, 1.54) is 10.6 Å². The Bertz CT molecular complexity index is 556. The minimum atomic E-state index is -0.570. The van der Waals surface area contributed by atoms with Gasteiger partial charge in [-0.2, -0.15) is 0 Å². The maximum absolute atomic E-state index is 13.1. The summed E-state index contributed by atoms with van der Waals surface area (Å²) >= 11 is 0. The smallest absolute Gasteiger partial charge is 0.408 e. The number of nitrogen functional groups attached to an aromatic ring is 1. The van der Waals surface area contributed by atoms with E-state index in [0.29, 0.717) is 12.1 Å². The van der Waals surface area contributed by atoms with E-state index in [2.05, 4.69) is 0 Å². The molecule has 15 heavy (non-hydrogen) atoms. The number of hydrogen-bond acceptors (Lipinski definition) is 3. The Morgan fingerprint density at radius 3 is 2.93 bits per heavy atom. The summed E-state index contributed by atoms with van der Waals surface area (Å²) in [5.74, 6) is -1.04. The number of nitrogens with zero attached hydrogens (tertiary/aromatic N) is 1. The fourth-order valence-corrected chi connectivity index (χ4v) is 1.54. The second-order valence-electron chi connectivity index (χ2n) is 3.36. The lowest BCUT2D eigenvalue weighted by Gasteiger charge is -1.99. The first-order valence-corrected chi connectivity index (χ1v) is 4.72. The molecule has 1 aromatic carbocycles. The predicted molar refractivity (Wildman–Crippen MR) is 55.1 cm³/mol. The van der Waals surface area contributed by atoms with Gasteiger partial charge in [-0.1, -0.05) is 6.92 Å². The van der Waals surface area contributed by atoms with Gasteiger partial charge in [0.2, 0.25) is 0 Å². The maximum atomic E-state index is 13.1. The molecule has 5 heteroatoms. The molecule has 0 aliphatic heterocycles. The summed E-state index contributed by atoms with van der Waals surface area (Å²) in [6, 6.07) is 2.56. The second-order valence-corrected chi connectivity index (χ2v) is 3.36. The van der Waals surface area contributed by atoms with Gasteiger partial charge in [0.05, 0.1) is 11.2 Å². The number of nitrogens with two attached hydrogens (primary N) is 1. The normalized spacial score (nSPS) is 11.1. The average molecular weight is 210 g/mol. The van der Waals surface area contributed by atoms with E-state index < -0.39 is 11.6 Å². The van der Waals surface area contributed by atoms with Crippen molar-refractivity contribution in [2.24, 2.45) is 0 Å². The highest BCUT2D eigenvalue weighted by Crippen LogP contribution is 2.20. The van der Waals surface area contributed by atoms with Crippen LogP contribution in [-0.4, -0.2) is 4.57 Å². The second kappa shape index (κ2) is 3.42. The van der Waals surface area contributed by atoms with Crippen molar-refractivity contribution in [3.63, 3.8) is 0 Å². The van der Waals surface area contributed by atoms with Crippen molar-refractivity contribution in [3.8, 4) is 0 Å². The number of hydrogen-bond donors (Lipinski definition) is 1. The number of anilines is 1. The molecule has 2 rings (SSSR count). The van der Waals surface area contributed by atoms with E-state index in [0.717, 1.165) is 12.5 Å². The van der Waals surface area contributed by atoms with E-state index in [-0.39, 0.29) is 11.3 Å². The van der Waals surface area contributed by atoms with Crippen LogP contribution in [0.4, 0.5) is 10.1 Å². The number of aromatic nitrogens is 1. The molecule has 0 bridgehead atoms. The number of rotatable bonds is 2. The molecule has 0 saturated carbocycles. The summed E-state index contributed by atoms with van der Waals surface area (Å²) in [7, 11) is 0. The van der Waals surface area contributed by atoms with Crippen molar-refractivity contribution >= 4 is 16.8 Å². The first kappa shape index (κ1) is 9.76. The van der Waals surface area contributed by atoms with Crippen molar-refractivity contribution < 1.29 is 8.81 Å². The molecule has 0 saturated heterocycles. The number of fused-ring (bicyclic) bond motifs is 1. The van der Waals surface area contributed by atoms with Gasteiger partial charge < -0.3 is 10.2 Å². The van der Waals surface area contributed by atoms with Crippen LogP contribution in [0.1, 0.15) is 13.3 Å². The third kappa shape index (κ3) is 1.49. The predicted octanol–water partition coefficient (Wildman–Crippen LogP) is 1.73. The van der Waals surface area contributed by atoms with Crippen molar-refractivity contribution in [3.05, 3.63) is 28.5 Å². The van der Waals surface area contributed by atoms with Crippen molar-refractivity contribution in [2.75, 3.05) is 5.73 Å². The Kier molecular flexibility index (Phi) is 2.22. The third-order valence-corrected chi connectivity index (χ3v) is 2.23. The molecular formula is C10H11FN2O2. The molecule has 0 unspecified atom stereocenters. The summed E-state index contributed by atoms with van der Waals surface area (Å²) in [6.07, 6.45) is 0.797. The van der Waals surface area contributed by atoms with E-state index in [9.17, 15) is 9.18 Å². The van der Waals surface area contributed by atoms with E-state index in [1.54, 1.807) is 0 Å². The highest BCUT2D eigenvalue weighted by atomic mass is 19.1. The molecule has 0 aliphatic carbocycles. The summed E-state index contributed by atoms with van der Waals surface area (Å²) in [5, 5.41) is 0. The maximum Gasteiger partial charge on any atom is 0.419 e. The molecule has 2 N–H and O–H groups in total. The molecule has 0 atom stereocenters. The minimum Gasteiger partial charge on any atom is -0.408 e. The average Bonchev–Trinajstić information content (AvgIpc) is 2.46. The Labute approximate surface area is 85.1 Å². The molecule has 0 amide bonds. The topological polar surface area (TPSA) is 61.2 Å². The van der Waals surface area contributed by atoms with E-state index in [4.69, 9.17) is 10.2 Å². The monoisotopic (exact) mass is 210 g/mol. The number of aryl methyl sites for hydroxylation is 1. The Morgan fingerprint density at radius 1 is 1.53 bits per heavy atom. The standard InChI is InChI=1S/C10H11FN2O2/c1-2-3-13-8-5-7(12)6(11)4-9(8)15-10(13)14/h4-5H,2-3,12H2,1H3. The zero-order chi connectivity index (χ0) is 11.0. The highest BCUT2D eigenvalue weighted by molar-refractivity contribution is 5.77. The Morgan fingerprint density at radius 2 is 2.27 bits per heavy atom. The summed E-state index contributed by atoms with van der Waals surface area (Å²) in [5.41, 5.74) is 6.23. The fraction of sp³-hybridized carbons (Fsp3) is 0.300. The quantitative estimate of drug-likeness (QED) is 0.768. The Hall–Kier alpha value is -1.78. The molecule has 0 aliphatic rings. The van der Waals surface area contributed by atoms with Gasteiger partial charge in [-0.15, -0.1) is 0 Å². The van der Waals surface area contributed by atoms with Gasteiger partial charge in [0.15, 0.2) is 5.58 Å². The van der Waals surface area contributed by atoms with Gasteiger partial charge in [-0.25, -0.2) is 9.18 Å². The molecule has 1 aromatic heterocycles. The molecule has 4 nitrogen and oxygen atoms in total. The van der Waals surface area contributed by atoms with Crippen LogP contribution in [0, 0.1) is 5.82 Å². The van der Waals surface area contributed by atoms with Crippen LogP contribution < -0.4 is 11.5 Å². The largest absolute Gasteiger partial charge is 0.419 e. The van der Waals surface area contributed by atoms with E-state index >= 15 is 0 Å². The van der Waals surface area contributed by atoms with Crippen LogP contribution in [0.15, 0.2) is 21.3 Å². The molecule has 0 radical (unpaired) electrons. The molecule has 80 valence electrons. The number of benzene rings is 1. The molecular weight excluding hydrogens is 199 g/mol. The molecule has 0 spiro atoms. The van der Waals surface area contributed by atoms with Gasteiger partial charge in [0.1, 0.15) is 5.82 Å². The van der Waals surface area contributed by atoms with Gasteiger partial charge >= 0.3 is 5.76 Å². The SMILES string of the molecule is CCCn1c(=O)oc2cc(F)c(N)cc21. The van der Waals surface area contributed by atoms with Crippen LogP contribution in [0.3, 0.4) is 0 Å². The van der Waals surface area contributed by atoms with Crippen molar-refractivity contribution in [1.29, 1.82) is 0 Å².